The quantitative estimate of drug-likeness (QED) is 0.571. The maximum absolute atomic E-state index is 12.1. The molecule has 0 aliphatic carbocycles. The lowest BCUT2D eigenvalue weighted by molar-refractivity contribution is -0.173. The molecule has 0 bridgehead atoms. The summed E-state index contributed by atoms with van der Waals surface area (Å²) >= 11 is 0. The molecule has 3 amide bonds. The number of sulfonamides is 1. The zero-order valence-electron chi connectivity index (χ0n) is 16.4. The van der Waals surface area contributed by atoms with Crippen molar-refractivity contribution in [2.45, 2.75) is 44.8 Å². The van der Waals surface area contributed by atoms with E-state index in [4.69, 9.17) is 4.74 Å². The van der Waals surface area contributed by atoms with Gasteiger partial charge in [-0.15, -0.1) is 0 Å². The Bertz CT molecular complexity index is 877. The first-order valence-corrected chi connectivity index (χ1v) is 10.2. The van der Waals surface area contributed by atoms with E-state index in [1.807, 2.05) is 0 Å². The monoisotopic (exact) mass is 453 g/mol. The van der Waals surface area contributed by atoms with E-state index in [2.05, 4.69) is 5.32 Å². The van der Waals surface area contributed by atoms with E-state index in [0.29, 0.717) is 5.56 Å². The van der Waals surface area contributed by atoms with E-state index in [0.717, 1.165) is 0 Å². The number of halogens is 3. The van der Waals surface area contributed by atoms with Crippen molar-refractivity contribution in [3.05, 3.63) is 35.4 Å². The van der Waals surface area contributed by atoms with Crippen molar-refractivity contribution in [2.75, 3.05) is 6.54 Å². The number of hydrogen-bond acceptors (Lipinski definition) is 6. The number of carbonyl (C=O) groups excluding carboxylic acids is 3. The summed E-state index contributed by atoms with van der Waals surface area (Å²) in [4.78, 5) is 33.9. The molecule has 0 heterocycles. The fourth-order valence-corrected chi connectivity index (χ4v) is 3.09. The third-order valence-electron chi connectivity index (χ3n) is 3.15. The molecule has 30 heavy (non-hydrogen) atoms. The minimum Gasteiger partial charge on any atom is -0.444 e. The van der Waals surface area contributed by atoms with Gasteiger partial charge >= 0.3 is 18.2 Å². The standard InChI is InChI=1S/C17H22F3N3O6S/c1-16(2,3)29-15(26)22-9-13(24)23-30(27,28)10-12-6-4-11(5-7-12)8-21-14(25)17(18,19)20/h4-7H,8-10H2,1-3H3,(H,21,25)(H,22,26)(H,23,24). The molecule has 9 nitrogen and oxygen atoms in total. The predicted octanol–water partition coefficient (Wildman–Crippen LogP) is 1.34. The maximum Gasteiger partial charge on any atom is 0.471 e. The van der Waals surface area contributed by atoms with Crippen LogP contribution in [0, 0.1) is 0 Å². The molecule has 0 spiro atoms. The van der Waals surface area contributed by atoms with E-state index in [1.54, 1.807) is 30.8 Å². The first-order chi connectivity index (χ1) is 13.6. The third kappa shape index (κ3) is 10.1. The summed E-state index contributed by atoms with van der Waals surface area (Å²) in [5.41, 5.74) is -0.213. The number of hydrogen-bond donors (Lipinski definition) is 3. The summed E-state index contributed by atoms with van der Waals surface area (Å²) in [5.74, 6) is -3.65. The van der Waals surface area contributed by atoms with Crippen LogP contribution in [0.1, 0.15) is 31.9 Å². The van der Waals surface area contributed by atoms with Gasteiger partial charge in [-0.2, -0.15) is 13.2 Å². The van der Waals surface area contributed by atoms with Gasteiger partial charge < -0.3 is 15.4 Å². The van der Waals surface area contributed by atoms with Crippen molar-refractivity contribution in [1.82, 2.24) is 15.4 Å². The minimum absolute atomic E-state index is 0.251. The Balaban J connectivity index is 2.54. The average Bonchev–Trinajstić information content (AvgIpc) is 2.56. The SMILES string of the molecule is CC(C)(C)OC(=O)NCC(=O)NS(=O)(=O)Cc1ccc(CNC(=O)C(F)(F)F)cc1. The normalized spacial score (nSPS) is 12.1. The highest BCUT2D eigenvalue weighted by Gasteiger charge is 2.38. The molecular weight excluding hydrogens is 431 g/mol. The molecule has 0 radical (unpaired) electrons. The summed E-state index contributed by atoms with van der Waals surface area (Å²) in [6.07, 6.45) is -5.88. The van der Waals surface area contributed by atoms with Gasteiger partial charge in [-0.1, -0.05) is 24.3 Å². The second-order valence-electron chi connectivity index (χ2n) is 7.14. The number of amides is 3. The summed E-state index contributed by atoms with van der Waals surface area (Å²) in [5, 5.41) is 3.80. The van der Waals surface area contributed by atoms with Crippen LogP contribution in [0.2, 0.25) is 0 Å². The molecule has 13 heteroatoms. The van der Waals surface area contributed by atoms with Gasteiger partial charge in [0.05, 0.1) is 5.75 Å². The zero-order chi connectivity index (χ0) is 23.2. The van der Waals surface area contributed by atoms with Crippen molar-refractivity contribution in [3.63, 3.8) is 0 Å². The van der Waals surface area contributed by atoms with Crippen LogP contribution in [0.4, 0.5) is 18.0 Å². The Morgan fingerprint density at radius 3 is 2.00 bits per heavy atom. The summed E-state index contributed by atoms with van der Waals surface area (Å²) < 4.78 is 67.2. The Morgan fingerprint density at radius 1 is 0.967 bits per heavy atom. The van der Waals surface area contributed by atoms with E-state index in [1.165, 1.54) is 24.3 Å². The van der Waals surface area contributed by atoms with E-state index in [9.17, 15) is 36.0 Å². The summed E-state index contributed by atoms with van der Waals surface area (Å²) in [6.45, 7) is 3.84. The van der Waals surface area contributed by atoms with E-state index in [-0.39, 0.29) is 5.56 Å². The van der Waals surface area contributed by atoms with Gasteiger partial charge in [-0.05, 0) is 31.9 Å². The first kappa shape index (κ1) is 25.2. The lowest BCUT2D eigenvalue weighted by atomic mass is 10.1. The van der Waals surface area contributed by atoms with E-state index < -0.39 is 58.6 Å². The van der Waals surface area contributed by atoms with Gasteiger partial charge in [0.2, 0.25) is 10.0 Å². The number of benzene rings is 1. The van der Waals surface area contributed by atoms with Crippen molar-refractivity contribution in [2.24, 2.45) is 0 Å². The Hall–Kier alpha value is -2.83. The number of alkyl halides is 3. The molecule has 0 aliphatic heterocycles. The molecule has 0 fully saturated rings. The second kappa shape index (κ2) is 9.78. The topological polar surface area (TPSA) is 131 Å². The number of rotatable bonds is 7. The van der Waals surface area contributed by atoms with Crippen LogP contribution in [0.15, 0.2) is 24.3 Å². The van der Waals surface area contributed by atoms with Crippen molar-refractivity contribution in [3.8, 4) is 0 Å². The Labute approximate surface area is 171 Å². The Kier molecular flexibility index (Phi) is 8.22. The second-order valence-corrected chi connectivity index (χ2v) is 8.86. The largest absolute Gasteiger partial charge is 0.471 e. The van der Waals surface area contributed by atoms with Crippen LogP contribution in [-0.2, 0) is 36.6 Å². The fraction of sp³-hybridized carbons (Fsp3) is 0.471. The third-order valence-corrected chi connectivity index (χ3v) is 4.40. The molecule has 1 aromatic carbocycles. The van der Waals surface area contributed by atoms with Crippen LogP contribution in [0.25, 0.3) is 0 Å². The Morgan fingerprint density at radius 2 is 1.50 bits per heavy atom. The maximum atomic E-state index is 12.1. The number of carbonyl (C=O) groups is 3. The lowest BCUT2D eigenvalue weighted by Gasteiger charge is -2.19. The predicted molar refractivity (Wildman–Crippen MR) is 99.3 cm³/mol. The molecule has 168 valence electrons. The van der Waals surface area contributed by atoms with Gasteiger partial charge in [-0.3, -0.25) is 14.3 Å². The van der Waals surface area contributed by atoms with Crippen molar-refractivity contribution >= 4 is 27.9 Å². The van der Waals surface area contributed by atoms with Gasteiger partial charge in [-0.25, -0.2) is 13.2 Å². The number of nitrogens with one attached hydrogen (secondary N) is 3. The highest BCUT2D eigenvalue weighted by molar-refractivity contribution is 7.89. The van der Waals surface area contributed by atoms with Crippen molar-refractivity contribution in [1.29, 1.82) is 0 Å². The molecule has 0 atom stereocenters. The highest BCUT2D eigenvalue weighted by Crippen LogP contribution is 2.15. The van der Waals surface area contributed by atoms with Crippen LogP contribution in [0.5, 0.6) is 0 Å². The summed E-state index contributed by atoms with van der Waals surface area (Å²) in [7, 11) is -4.08. The fourth-order valence-electron chi connectivity index (χ4n) is 1.97. The molecule has 1 rings (SSSR count). The molecule has 0 saturated carbocycles. The smallest absolute Gasteiger partial charge is 0.444 e. The molecule has 3 N–H and O–H groups in total. The number of ether oxygens (including phenoxy) is 1. The molecule has 0 unspecified atom stereocenters. The first-order valence-electron chi connectivity index (χ1n) is 8.50. The van der Waals surface area contributed by atoms with E-state index >= 15 is 0 Å². The van der Waals surface area contributed by atoms with Crippen LogP contribution >= 0.6 is 0 Å². The molecular formula is C17H22F3N3O6S. The lowest BCUT2D eigenvalue weighted by Crippen LogP contribution is -2.41. The van der Waals surface area contributed by atoms with Gasteiger partial charge in [0.1, 0.15) is 12.1 Å². The van der Waals surface area contributed by atoms with Crippen molar-refractivity contribution < 1.29 is 40.7 Å². The van der Waals surface area contributed by atoms with Crippen LogP contribution < -0.4 is 15.4 Å². The minimum atomic E-state index is -5.00. The van der Waals surface area contributed by atoms with Gasteiger partial charge in [0, 0.05) is 6.54 Å². The van der Waals surface area contributed by atoms with Crippen LogP contribution in [-0.4, -0.2) is 44.6 Å². The molecule has 0 saturated heterocycles. The van der Waals surface area contributed by atoms with Gasteiger partial charge in [0.25, 0.3) is 5.91 Å². The number of alkyl carbamates (subject to hydrolysis) is 1. The molecule has 1 aromatic rings. The zero-order valence-corrected chi connectivity index (χ0v) is 17.2. The molecule has 0 aromatic heterocycles. The average molecular weight is 453 g/mol. The summed E-state index contributed by atoms with van der Waals surface area (Å²) in [6, 6.07) is 5.34. The van der Waals surface area contributed by atoms with Gasteiger partial charge in [0.15, 0.2) is 0 Å². The molecule has 0 aliphatic rings. The van der Waals surface area contributed by atoms with Crippen LogP contribution in [0.3, 0.4) is 0 Å². The highest BCUT2D eigenvalue weighted by atomic mass is 32.2.